The Morgan fingerprint density at radius 2 is 2.00 bits per heavy atom. The van der Waals surface area contributed by atoms with E-state index < -0.39 is 0 Å². The molecule has 0 radical (unpaired) electrons. The van der Waals surface area contributed by atoms with E-state index in [4.69, 9.17) is 4.74 Å². The van der Waals surface area contributed by atoms with Crippen LogP contribution in [0.3, 0.4) is 0 Å². The van der Waals surface area contributed by atoms with Gasteiger partial charge in [-0.25, -0.2) is 4.99 Å². The third-order valence-corrected chi connectivity index (χ3v) is 4.94. The van der Waals surface area contributed by atoms with Gasteiger partial charge < -0.3 is 20.3 Å². The number of hydrogen-bond acceptors (Lipinski definition) is 3. The number of aryl methyl sites for hydroxylation is 1. The summed E-state index contributed by atoms with van der Waals surface area (Å²) in [6.07, 6.45) is 4.17. The molecule has 1 aliphatic carbocycles. The summed E-state index contributed by atoms with van der Waals surface area (Å²) in [6.45, 7) is 6.60. The summed E-state index contributed by atoms with van der Waals surface area (Å²) in [6, 6.07) is 8.93. The molecule has 2 N–H and O–H groups in total. The molecule has 0 bridgehead atoms. The van der Waals surface area contributed by atoms with Crippen LogP contribution in [0.4, 0.5) is 0 Å². The summed E-state index contributed by atoms with van der Waals surface area (Å²) in [5.74, 6) is 1.33. The van der Waals surface area contributed by atoms with Crippen molar-refractivity contribution in [1.29, 1.82) is 0 Å². The van der Waals surface area contributed by atoms with Gasteiger partial charge in [0.15, 0.2) is 5.96 Å². The second-order valence-corrected chi connectivity index (χ2v) is 8.03. The molecule has 1 aromatic rings. The fraction of sp³-hybridized carbons (Fsp3) is 0.636. The van der Waals surface area contributed by atoms with Crippen LogP contribution in [-0.2, 0) is 22.4 Å². The minimum Gasteiger partial charge on any atom is -0.380 e. The van der Waals surface area contributed by atoms with Gasteiger partial charge >= 0.3 is 0 Å². The first-order valence-corrected chi connectivity index (χ1v) is 10.3. The van der Waals surface area contributed by atoms with Crippen LogP contribution in [0, 0.1) is 5.92 Å². The monoisotopic (exact) mass is 388 g/mol. The van der Waals surface area contributed by atoms with Gasteiger partial charge in [0.2, 0.25) is 5.91 Å². The molecule has 0 aromatic heterocycles. The zero-order chi connectivity index (χ0) is 20.4. The van der Waals surface area contributed by atoms with Crippen LogP contribution in [0.5, 0.6) is 0 Å². The maximum Gasteiger partial charge on any atom is 0.243 e. The first-order valence-electron chi connectivity index (χ1n) is 10.3. The van der Waals surface area contributed by atoms with E-state index in [2.05, 4.69) is 53.7 Å². The summed E-state index contributed by atoms with van der Waals surface area (Å²) < 4.78 is 5.67. The standard InChI is InChI=1S/C22H36N4O2/c1-17(2)11-13-28-14-12-23-22(24-16-21(27)26(3)4)25-20-10-9-18-7-5-6-8-19(18)15-20/h5-8,17,20H,9-16H2,1-4H3,(H2,23,24,25). The first kappa shape index (κ1) is 22.2. The SMILES string of the molecule is CC(C)CCOCCNC(=NCC(=O)N(C)C)NC1CCc2ccccc2C1. The molecule has 0 saturated heterocycles. The van der Waals surface area contributed by atoms with E-state index in [-0.39, 0.29) is 12.5 Å². The fourth-order valence-corrected chi connectivity index (χ4v) is 3.12. The average Bonchev–Trinajstić information content (AvgIpc) is 2.67. The molecular weight excluding hydrogens is 352 g/mol. The van der Waals surface area contributed by atoms with Gasteiger partial charge in [-0.15, -0.1) is 0 Å². The maximum atomic E-state index is 11.9. The van der Waals surface area contributed by atoms with Crippen LogP contribution in [0.25, 0.3) is 0 Å². The van der Waals surface area contributed by atoms with E-state index >= 15 is 0 Å². The van der Waals surface area contributed by atoms with Crippen molar-refractivity contribution < 1.29 is 9.53 Å². The fourth-order valence-electron chi connectivity index (χ4n) is 3.12. The van der Waals surface area contributed by atoms with Gasteiger partial charge in [-0.3, -0.25) is 4.79 Å². The Kier molecular flexibility index (Phi) is 9.28. The Morgan fingerprint density at radius 3 is 2.71 bits per heavy atom. The maximum absolute atomic E-state index is 11.9. The third kappa shape index (κ3) is 7.89. The van der Waals surface area contributed by atoms with Crippen molar-refractivity contribution >= 4 is 11.9 Å². The molecule has 0 fully saturated rings. The number of aliphatic imine (C=N–C) groups is 1. The lowest BCUT2D eigenvalue weighted by Gasteiger charge is -2.27. The summed E-state index contributed by atoms with van der Waals surface area (Å²) in [7, 11) is 3.50. The number of hydrogen-bond donors (Lipinski definition) is 2. The quantitative estimate of drug-likeness (QED) is 0.387. The average molecular weight is 389 g/mol. The van der Waals surface area contributed by atoms with Crippen molar-refractivity contribution in [2.24, 2.45) is 10.9 Å². The van der Waals surface area contributed by atoms with Gasteiger partial charge in [-0.05, 0) is 42.7 Å². The number of carbonyl (C=O) groups is 1. The Labute approximate surface area is 169 Å². The summed E-state index contributed by atoms with van der Waals surface area (Å²) in [5.41, 5.74) is 2.83. The van der Waals surface area contributed by atoms with Crippen LogP contribution >= 0.6 is 0 Å². The van der Waals surface area contributed by atoms with Crippen LogP contribution in [-0.4, -0.2) is 63.2 Å². The van der Waals surface area contributed by atoms with Crippen molar-refractivity contribution in [3.8, 4) is 0 Å². The van der Waals surface area contributed by atoms with Crippen molar-refractivity contribution in [1.82, 2.24) is 15.5 Å². The Hall–Kier alpha value is -2.08. The number of fused-ring (bicyclic) bond motifs is 1. The van der Waals surface area contributed by atoms with Crippen molar-refractivity contribution in [3.63, 3.8) is 0 Å². The molecule has 1 amide bonds. The normalized spacial score (nSPS) is 16.6. The number of benzene rings is 1. The highest BCUT2D eigenvalue weighted by molar-refractivity contribution is 5.85. The van der Waals surface area contributed by atoms with Gasteiger partial charge in [0.05, 0.1) is 6.61 Å². The lowest BCUT2D eigenvalue weighted by atomic mass is 9.88. The summed E-state index contributed by atoms with van der Waals surface area (Å²) >= 11 is 0. The van der Waals surface area contributed by atoms with Crippen LogP contribution < -0.4 is 10.6 Å². The number of carbonyl (C=O) groups excluding carboxylic acids is 1. The van der Waals surface area contributed by atoms with Crippen LogP contribution in [0.1, 0.15) is 37.8 Å². The lowest BCUT2D eigenvalue weighted by molar-refractivity contribution is -0.127. The second kappa shape index (κ2) is 11.7. The topological polar surface area (TPSA) is 66.0 Å². The molecule has 1 aliphatic rings. The Balaban J connectivity index is 1.87. The van der Waals surface area contributed by atoms with E-state index in [0.717, 1.165) is 32.3 Å². The molecule has 0 aliphatic heterocycles. The number of rotatable bonds is 9. The van der Waals surface area contributed by atoms with Gasteiger partial charge in [-0.2, -0.15) is 0 Å². The Morgan fingerprint density at radius 1 is 1.25 bits per heavy atom. The molecule has 0 saturated carbocycles. The number of nitrogens with one attached hydrogen (secondary N) is 2. The van der Waals surface area contributed by atoms with Gasteiger partial charge in [-0.1, -0.05) is 38.1 Å². The van der Waals surface area contributed by atoms with E-state index in [0.29, 0.717) is 31.1 Å². The van der Waals surface area contributed by atoms with Crippen molar-refractivity contribution in [2.45, 2.75) is 45.6 Å². The predicted molar refractivity (Wildman–Crippen MR) is 115 cm³/mol. The number of likely N-dealkylation sites (N-methyl/N-ethyl adjacent to an activating group) is 1. The molecule has 0 heterocycles. The molecule has 1 atom stereocenters. The van der Waals surface area contributed by atoms with E-state index in [9.17, 15) is 4.79 Å². The van der Waals surface area contributed by atoms with Gasteiger partial charge in [0.25, 0.3) is 0 Å². The molecule has 1 unspecified atom stereocenters. The lowest BCUT2D eigenvalue weighted by Crippen LogP contribution is -2.47. The Bertz CT molecular complexity index is 643. The molecule has 156 valence electrons. The smallest absolute Gasteiger partial charge is 0.243 e. The summed E-state index contributed by atoms with van der Waals surface area (Å²) in [5, 5.41) is 6.83. The molecular formula is C22H36N4O2. The minimum absolute atomic E-state index is 0.0109. The molecule has 28 heavy (non-hydrogen) atoms. The van der Waals surface area contributed by atoms with Gasteiger partial charge in [0, 0.05) is 33.3 Å². The number of guanidine groups is 1. The molecule has 0 spiro atoms. The van der Waals surface area contributed by atoms with Gasteiger partial charge in [0.1, 0.15) is 6.54 Å². The van der Waals surface area contributed by atoms with Crippen molar-refractivity contribution in [3.05, 3.63) is 35.4 Å². The molecule has 2 rings (SSSR count). The zero-order valence-electron chi connectivity index (χ0n) is 17.8. The van der Waals surface area contributed by atoms with Crippen LogP contribution in [0.2, 0.25) is 0 Å². The van der Waals surface area contributed by atoms with E-state index in [1.165, 1.54) is 11.1 Å². The summed E-state index contributed by atoms with van der Waals surface area (Å²) in [4.78, 5) is 18.0. The second-order valence-electron chi connectivity index (χ2n) is 8.03. The van der Waals surface area contributed by atoms with Crippen molar-refractivity contribution in [2.75, 3.05) is 40.4 Å². The van der Waals surface area contributed by atoms with E-state index in [1.807, 2.05) is 0 Å². The highest BCUT2D eigenvalue weighted by atomic mass is 16.5. The highest BCUT2D eigenvalue weighted by Gasteiger charge is 2.19. The molecule has 1 aromatic carbocycles. The predicted octanol–water partition coefficient (Wildman–Crippen LogP) is 2.23. The third-order valence-electron chi connectivity index (χ3n) is 4.94. The van der Waals surface area contributed by atoms with E-state index in [1.54, 1.807) is 19.0 Å². The molecule has 6 nitrogen and oxygen atoms in total. The zero-order valence-corrected chi connectivity index (χ0v) is 17.8. The minimum atomic E-state index is -0.0109. The number of amides is 1. The number of ether oxygens (including phenoxy) is 1. The highest BCUT2D eigenvalue weighted by Crippen LogP contribution is 2.20. The first-order chi connectivity index (χ1) is 13.5. The molecule has 6 heteroatoms. The number of nitrogens with zero attached hydrogens (tertiary/aromatic N) is 2. The van der Waals surface area contributed by atoms with Crippen LogP contribution in [0.15, 0.2) is 29.3 Å². The largest absolute Gasteiger partial charge is 0.380 e.